The molecule has 7 heteroatoms. The number of likely N-dealkylation sites (tertiary alicyclic amines) is 1. The summed E-state index contributed by atoms with van der Waals surface area (Å²) in [5, 5.41) is 9.88. The average molecular weight is 473 g/mol. The summed E-state index contributed by atoms with van der Waals surface area (Å²) in [6, 6.07) is 1.72. The zero-order chi connectivity index (χ0) is 24.2. The first kappa shape index (κ1) is 25.3. The Balaban J connectivity index is 1.90. The van der Waals surface area contributed by atoms with Crippen molar-refractivity contribution in [3.05, 3.63) is 15.8 Å². The molecule has 0 radical (unpaired) electrons. The Labute approximate surface area is 201 Å². The molecule has 180 valence electrons. The molecule has 0 unspecified atom stereocenters. The van der Waals surface area contributed by atoms with Gasteiger partial charge in [-0.3, -0.25) is 9.59 Å². The number of carbonyl (C=O) groups excluding carboxylic acids is 2. The van der Waals surface area contributed by atoms with Gasteiger partial charge in [-0.25, -0.2) is 4.79 Å². The van der Waals surface area contributed by atoms with Crippen molar-refractivity contribution < 1.29 is 19.5 Å². The standard InChI is InChI=1S/C26H36N2O4S/c1-18-7-9-19(10-8-18)24(30)28(16-12-22(29)27-14-5-6-15-27)21-17-20(11-13-26(2,3)4)33-23(21)25(31)32/h17-19H,5-10,12,14-16H2,1-4H3,(H,31,32). The number of hydrogen-bond donors (Lipinski definition) is 1. The van der Waals surface area contributed by atoms with Gasteiger partial charge in [-0.2, -0.15) is 0 Å². The van der Waals surface area contributed by atoms with E-state index in [1.807, 2.05) is 25.7 Å². The highest BCUT2D eigenvalue weighted by Crippen LogP contribution is 2.35. The Morgan fingerprint density at radius 1 is 1.15 bits per heavy atom. The topological polar surface area (TPSA) is 77.9 Å². The normalized spacial score (nSPS) is 20.8. The van der Waals surface area contributed by atoms with Crippen molar-refractivity contribution in [2.24, 2.45) is 17.3 Å². The first-order valence-electron chi connectivity index (χ1n) is 12.0. The van der Waals surface area contributed by atoms with Crippen molar-refractivity contribution in [1.82, 2.24) is 4.90 Å². The van der Waals surface area contributed by atoms with Gasteiger partial charge in [0.25, 0.3) is 0 Å². The second-order valence-electron chi connectivity index (χ2n) is 10.4. The maximum Gasteiger partial charge on any atom is 0.348 e. The molecular weight excluding hydrogens is 436 g/mol. The molecular formula is C26H36N2O4S. The van der Waals surface area contributed by atoms with Crippen molar-refractivity contribution in [1.29, 1.82) is 0 Å². The third-order valence-corrected chi connectivity index (χ3v) is 7.43. The van der Waals surface area contributed by atoms with Crippen LogP contribution < -0.4 is 4.90 Å². The van der Waals surface area contributed by atoms with Crippen LogP contribution >= 0.6 is 11.3 Å². The van der Waals surface area contributed by atoms with E-state index in [4.69, 9.17) is 0 Å². The van der Waals surface area contributed by atoms with Crippen molar-refractivity contribution in [3.8, 4) is 11.8 Å². The minimum Gasteiger partial charge on any atom is -0.477 e. The van der Waals surface area contributed by atoms with Crippen LogP contribution in [-0.4, -0.2) is 47.4 Å². The second-order valence-corrected chi connectivity index (χ2v) is 11.5. The number of hydrogen-bond acceptors (Lipinski definition) is 4. The van der Waals surface area contributed by atoms with E-state index in [0.29, 0.717) is 16.5 Å². The van der Waals surface area contributed by atoms with Crippen LogP contribution in [0, 0.1) is 29.1 Å². The molecule has 2 fully saturated rings. The van der Waals surface area contributed by atoms with Crippen LogP contribution in [-0.2, 0) is 9.59 Å². The summed E-state index contributed by atoms with van der Waals surface area (Å²) in [5.41, 5.74) is 0.160. The zero-order valence-electron chi connectivity index (χ0n) is 20.3. The predicted molar refractivity (Wildman–Crippen MR) is 132 cm³/mol. The second kappa shape index (κ2) is 10.7. The van der Waals surface area contributed by atoms with E-state index in [0.717, 1.165) is 63.0 Å². The SMILES string of the molecule is CC1CCC(C(=O)N(CCC(=O)N2CCCC2)c2cc(C#CC(C)(C)C)sc2C(=O)O)CC1. The molecule has 1 aromatic heterocycles. The van der Waals surface area contributed by atoms with E-state index < -0.39 is 5.97 Å². The lowest BCUT2D eigenvalue weighted by Crippen LogP contribution is -2.41. The van der Waals surface area contributed by atoms with E-state index in [9.17, 15) is 19.5 Å². The minimum atomic E-state index is -1.07. The van der Waals surface area contributed by atoms with Gasteiger partial charge in [0, 0.05) is 37.4 Å². The van der Waals surface area contributed by atoms with Gasteiger partial charge in [0.15, 0.2) is 0 Å². The van der Waals surface area contributed by atoms with Crippen LogP contribution in [0.4, 0.5) is 5.69 Å². The Bertz CT molecular complexity index is 936. The fraction of sp³-hybridized carbons (Fsp3) is 0.654. The lowest BCUT2D eigenvalue weighted by atomic mass is 9.82. The van der Waals surface area contributed by atoms with Crippen LogP contribution in [0.1, 0.15) is 87.2 Å². The molecule has 0 spiro atoms. The number of nitrogens with zero attached hydrogens (tertiary/aromatic N) is 2. The molecule has 2 aliphatic rings. The number of rotatable bonds is 6. The lowest BCUT2D eigenvalue weighted by Gasteiger charge is -2.31. The highest BCUT2D eigenvalue weighted by molar-refractivity contribution is 7.15. The highest BCUT2D eigenvalue weighted by Gasteiger charge is 2.32. The van der Waals surface area contributed by atoms with Gasteiger partial charge in [-0.1, -0.05) is 18.8 Å². The fourth-order valence-electron chi connectivity index (χ4n) is 4.45. The first-order chi connectivity index (χ1) is 15.5. The van der Waals surface area contributed by atoms with Crippen LogP contribution in [0.25, 0.3) is 0 Å². The third kappa shape index (κ3) is 6.83. The molecule has 1 aliphatic carbocycles. The molecule has 1 saturated carbocycles. The minimum absolute atomic E-state index is 0.0300. The number of thiophene rings is 1. The van der Waals surface area contributed by atoms with Crippen LogP contribution in [0.15, 0.2) is 6.07 Å². The van der Waals surface area contributed by atoms with Crippen molar-refractivity contribution in [2.75, 3.05) is 24.5 Å². The fourth-order valence-corrected chi connectivity index (χ4v) is 5.31. The quantitative estimate of drug-likeness (QED) is 0.590. The van der Waals surface area contributed by atoms with E-state index in [1.165, 1.54) is 0 Å². The van der Waals surface area contributed by atoms with Crippen molar-refractivity contribution >= 4 is 34.8 Å². The maximum absolute atomic E-state index is 13.6. The molecule has 6 nitrogen and oxygen atoms in total. The molecule has 1 aliphatic heterocycles. The van der Waals surface area contributed by atoms with E-state index in [2.05, 4.69) is 18.8 Å². The van der Waals surface area contributed by atoms with E-state index >= 15 is 0 Å². The summed E-state index contributed by atoms with van der Waals surface area (Å²) in [6.45, 7) is 9.92. The van der Waals surface area contributed by atoms with Gasteiger partial charge in [0.05, 0.1) is 10.6 Å². The van der Waals surface area contributed by atoms with Gasteiger partial charge in [0.2, 0.25) is 11.8 Å². The summed E-state index contributed by atoms with van der Waals surface area (Å²) in [4.78, 5) is 42.6. The van der Waals surface area contributed by atoms with Crippen LogP contribution in [0.5, 0.6) is 0 Å². The van der Waals surface area contributed by atoms with Crippen LogP contribution in [0.2, 0.25) is 0 Å². The molecule has 1 saturated heterocycles. The number of anilines is 1. The molecule has 2 heterocycles. The van der Waals surface area contributed by atoms with Gasteiger partial charge >= 0.3 is 5.97 Å². The Kier molecular flexibility index (Phi) is 8.23. The summed E-state index contributed by atoms with van der Waals surface area (Å²) < 4.78 is 0. The van der Waals surface area contributed by atoms with Crippen molar-refractivity contribution in [2.45, 2.75) is 72.6 Å². The van der Waals surface area contributed by atoms with Crippen molar-refractivity contribution in [3.63, 3.8) is 0 Å². The molecule has 3 rings (SSSR count). The molecule has 33 heavy (non-hydrogen) atoms. The molecule has 2 amide bonds. The number of carboxylic acids is 1. The van der Waals surface area contributed by atoms with Crippen LogP contribution in [0.3, 0.4) is 0 Å². The number of amides is 2. The summed E-state index contributed by atoms with van der Waals surface area (Å²) in [6.07, 6.45) is 5.83. The third-order valence-electron chi connectivity index (χ3n) is 6.40. The average Bonchev–Trinajstić information content (AvgIpc) is 3.43. The summed E-state index contributed by atoms with van der Waals surface area (Å²) in [5.74, 6) is 5.60. The van der Waals surface area contributed by atoms with Gasteiger partial charge < -0.3 is 14.9 Å². The Hall–Kier alpha value is -2.33. The number of carboxylic acid groups (broad SMARTS) is 1. The summed E-state index contributed by atoms with van der Waals surface area (Å²) in [7, 11) is 0. The van der Waals surface area contributed by atoms with E-state index in [-0.39, 0.29) is 41.0 Å². The highest BCUT2D eigenvalue weighted by atomic mass is 32.1. The van der Waals surface area contributed by atoms with Gasteiger partial charge in [-0.05, 0) is 71.3 Å². The predicted octanol–water partition coefficient (Wildman–Crippen LogP) is 5.02. The zero-order valence-corrected chi connectivity index (χ0v) is 21.1. The molecule has 0 bridgehead atoms. The smallest absolute Gasteiger partial charge is 0.348 e. The molecule has 0 atom stereocenters. The lowest BCUT2D eigenvalue weighted by molar-refractivity contribution is -0.130. The van der Waals surface area contributed by atoms with Gasteiger partial charge in [-0.15, -0.1) is 11.3 Å². The summed E-state index contributed by atoms with van der Waals surface area (Å²) >= 11 is 1.10. The monoisotopic (exact) mass is 472 g/mol. The number of aromatic carboxylic acids is 1. The molecule has 1 N–H and O–H groups in total. The number of carbonyl (C=O) groups is 3. The maximum atomic E-state index is 13.6. The molecule has 1 aromatic rings. The van der Waals surface area contributed by atoms with E-state index in [1.54, 1.807) is 11.0 Å². The largest absolute Gasteiger partial charge is 0.477 e. The Morgan fingerprint density at radius 2 is 1.79 bits per heavy atom. The van der Waals surface area contributed by atoms with Gasteiger partial charge in [0.1, 0.15) is 4.88 Å². The Morgan fingerprint density at radius 3 is 2.36 bits per heavy atom. The molecule has 0 aromatic carbocycles. The first-order valence-corrected chi connectivity index (χ1v) is 12.9.